The van der Waals surface area contributed by atoms with Crippen LogP contribution in [-0.4, -0.2) is 18.2 Å². The van der Waals surface area contributed by atoms with Crippen molar-refractivity contribution in [2.75, 3.05) is 7.11 Å². The average molecular weight is 571 g/mol. The van der Waals surface area contributed by atoms with Crippen molar-refractivity contribution in [2.24, 2.45) is 0 Å². The van der Waals surface area contributed by atoms with Crippen LogP contribution < -0.4 is 9.47 Å². The quantitative estimate of drug-likeness (QED) is 0.103. The molecule has 5 rings (SSSR count). The van der Waals surface area contributed by atoms with Gasteiger partial charge < -0.3 is 14.6 Å². The SMILES string of the molecule is COc1ccc([C@H](C/C=C(\C)CCC=C(C)C)C(=O)Oc2ccc3ccccc3c2-c2c(O)ccc3ccccc23)cc1. The zero-order valence-electron chi connectivity index (χ0n) is 25.3. The first-order chi connectivity index (χ1) is 20.9. The van der Waals surface area contributed by atoms with Gasteiger partial charge in [-0.15, -0.1) is 0 Å². The highest BCUT2D eigenvalue weighted by molar-refractivity contribution is 6.10. The number of methoxy groups -OCH3 is 1. The lowest BCUT2D eigenvalue weighted by molar-refractivity contribution is -0.136. The Kier molecular flexibility index (Phi) is 9.26. The van der Waals surface area contributed by atoms with E-state index in [1.807, 2.05) is 91.0 Å². The number of benzene rings is 5. The van der Waals surface area contributed by atoms with Crippen LogP contribution in [0.3, 0.4) is 0 Å². The van der Waals surface area contributed by atoms with Gasteiger partial charge in [0.05, 0.1) is 13.0 Å². The largest absolute Gasteiger partial charge is 0.507 e. The molecule has 0 radical (unpaired) electrons. The molecule has 218 valence electrons. The van der Waals surface area contributed by atoms with Gasteiger partial charge in [0.25, 0.3) is 0 Å². The summed E-state index contributed by atoms with van der Waals surface area (Å²) in [5.41, 5.74) is 4.73. The summed E-state index contributed by atoms with van der Waals surface area (Å²) in [6.07, 6.45) is 6.79. The molecule has 0 bridgehead atoms. The first kappa shape index (κ1) is 29.7. The molecule has 5 aromatic carbocycles. The second-order valence-corrected chi connectivity index (χ2v) is 11.2. The minimum absolute atomic E-state index is 0.133. The summed E-state index contributed by atoms with van der Waals surface area (Å²) in [5.74, 6) is 0.402. The number of phenols is 1. The lowest BCUT2D eigenvalue weighted by atomic mass is 9.92. The molecule has 4 nitrogen and oxygen atoms in total. The summed E-state index contributed by atoms with van der Waals surface area (Å²) < 4.78 is 11.7. The number of phenolic OH excluding ortho intramolecular Hbond substituents is 1. The maximum Gasteiger partial charge on any atom is 0.319 e. The smallest absolute Gasteiger partial charge is 0.319 e. The van der Waals surface area contributed by atoms with Gasteiger partial charge in [0, 0.05) is 11.1 Å². The van der Waals surface area contributed by atoms with Crippen LogP contribution in [0.4, 0.5) is 0 Å². The second kappa shape index (κ2) is 13.4. The monoisotopic (exact) mass is 570 g/mol. The normalized spacial score (nSPS) is 12.2. The van der Waals surface area contributed by atoms with E-state index in [0.717, 1.165) is 45.7 Å². The van der Waals surface area contributed by atoms with Crippen molar-refractivity contribution in [1.82, 2.24) is 0 Å². The molecule has 0 amide bonds. The lowest BCUT2D eigenvalue weighted by Gasteiger charge is -2.20. The number of rotatable bonds is 10. The molecular weight excluding hydrogens is 532 g/mol. The van der Waals surface area contributed by atoms with E-state index in [9.17, 15) is 9.90 Å². The average Bonchev–Trinajstić information content (AvgIpc) is 3.01. The molecule has 0 spiro atoms. The van der Waals surface area contributed by atoms with Crippen molar-refractivity contribution >= 4 is 27.5 Å². The molecule has 0 aliphatic rings. The Morgan fingerprint density at radius 1 is 0.767 bits per heavy atom. The third kappa shape index (κ3) is 6.81. The third-order valence-electron chi connectivity index (χ3n) is 7.85. The summed E-state index contributed by atoms with van der Waals surface area (Å²) in [6.45, 7) is 6.32. The summed E-state index contributed by atoms with van der Waals surface area (Å²) in [5, 5.41) is 15.0. The maximum atomic E-state index is 14.1. The van der Waals surface area contributed by atoms with Crippen LogP contribution in [0.5, 0.6) is 17.2 Å². The molecular formula is C39H38O4. The zero-order valence-corrected chi connectivity index (χ0v) is 25.3. The van der Waals surface area contributed by atoms with Crippen LogP contribution in [0, 0.1) is 0 Å². The molecule has 5 aromatic rings. The third-order valence-corrected chi connectivity index (χ3v) is 7.85. The minimum atomic E-state index is -0.523. The van der Waals surface area contributed by atoms with E-state index in [1.54, 1.807) is 13.2 Å². The molecule has 0 aromatic heterocycles. The second-order valence-electron chi connectivity index (χ2n) is 11.2. The predicted molar refractivity (Wildman–Crippen MR) is 177 cm³/mol. The van der Waals surface area contributed by atoms with Crippen LogP contribution in [0.1, 0.15) is 51.5 Å². The molecule has 43 heavy (non-hydrogen) atoms. The van der Waals surface area contributed by atoms with E-state index in [4.69, 9.17) is 9.47 Å². The fraction of sp³-hybridized carbons (Fsp3) is 0.205. The lowest BCUT2D eigenvalue weighted by Crippen LogP contribution is -2.19. The number of fused-ring (bicyclic) bond motifs is 2. The Hall–Kier alpha value is -4.83. The van der Waals surface area contributed by atoms with Crippen molar-refractivity contribution in [2.45, 2.75) is 46.0 Å². The van der Waals surface area contributed by atoms with Gasteiger partial charge in [-0.25, -0.2) is 0 Å². The molecule has 0 unspecified atom stereocenters. The number of esters is 1. The molecule has 1 N–H and O–H groups in total. The van der Waals surface area contributed by atoms with Gasteiger partial charge in [-0.3, -0.25) is 4.79 Å². The van der Waals surface area contributed by atoms with Crippen LogP contribution >= 0.6 is 0 Å². The van der Waals surface area contributed by atoms with Gasteiger partial charge in [0.1, 0.15) is 17.2 Å². The molecule has 4 heteroatoms. The number of carbonyl (C=O) groups is 1. The maximum absolute atomic E-state index is 14.1. The summed E-state index contributed by atoms with van der Waals surface area (Å²) in [4.78, 5) is 14.1. The fourth-order valence-corrected chi connectivity index (χ4v) is 5.51. The van der Waals surface area contributed by atoms with E-state index in [1.165, 1.54) is 11.1 Å². The number of carbonyl (C=O) groups excluding carboxylic acids is 1. The van der Waals surface area contributed by atoms with E-state index >= 15 is 0 Å². The van der Waals surface area contributed by atoms with Gasteiger partial charge in [0.15, 0.2) is 0 Å². The highest BCUT2D eigenvalue weighted by Crippen LogP contribution is 2.45. The summed E-state index contributed by atoms with van der Waals surface area (Å²) >= 11 is 0. The minimum Gasteiger partial charge on any atom is -0.507 e. The molecule has 0 heterocycles. The van der Waals surface area contributed by atoms with Gasteiger partial charge in [0.2, 0.25) is 0 Å². The van der Waals surface area contributed by atoms with Gasteiger partial charge in [-0.05, 0) is 91.4 Å². The summed E-state index contributed by atoms with van der Waals surface area (Å²) in [7, 11) is 1.63. The van der Waals surface area contributed by atoms with Crippen molar-refractivity contribution in [3.8, 4) is 28.4 Å². The Balaban J connectivity index is 1.57. The Morgan fingerprint density at radius 3 is 2.05 bits per heavy atom. The van der Waals surface area contributed by atoms with E-state index in [0.29, 0.717) is 23.3 Å². The van der Waals surface area contributed by atoms with Crippen LogP contribution in [0.2, 0.25) is 0 Å². The molecule has 0 saturated heterocycles. The van der Waals surface area contributed by atoms with E-state index < -0.39 is 5.92 Å². The molecule has 1 atom stereocenters. The fourth-order valence-electron chi connectivity index (χ4n) is 5.51. The van der Waals surface area contributed by atoms with Gasteiger partial charge in [-0.2, -0.15) is 0 Å². The highest BCUT2D eigenvalue weighted by atomic mass is 16.5. The number of ether oxygens (including phenoxy) is 2. The van der Waals surface area contributed by atoms with Crippen LogP contribution in [0.15, 0.2) is 120 Å². The number of hydrogen-bond acceptors (Lipinski definition) is 4. The number of allylic oxidation sites excluding steroid dienone is 4. The van der Waals surface area contributed by atoms with Crippen molar-refractivity contribution in [3.63, 3.8) is 0 Å². The topological polar surface area (TPSA) is 55.8 Å². The standard InChI is InChI=1S/C39H38O4/c1-26(2)10-9-11-27(3)16-23-34(30-17-21-31(42-4)22-18-30)39(41)43-36-25-20-29-13-6-8-15-33(29)38(36)37-32-14-7-5-12-28(32)19-24-35(37)40/h5-8,10,12-22,24-25,34,40H,9,11,23H2,1-4H3/b27-16+/t34-/m0/s1. The Labute approximate surface area is 253 Å². The molecule has 0 aliphatic carbocycles. The van der Waals surface area contributed by atoms with Crippen molar-refractivity contribution in [3.05, 3.63) is 126 Å². The van der Waals surface area contributed by atoms with E-state index in [2.05, 4.69) is 32.9 Å². The first-order valence-electron chi connectivity index (χ1n) is 14.7. The van der Waals surface area contributed by atoms with Crippen LogP contribution in [0.25, 0.3) is 32.7 Å². The predicted octanol–water partition coefficient (Wildman–Crippen LogP) is 10.1. The first-order valence-corrected chi connectivity index (χ1v) is 14.7. The number of hydrogen-bond donors (Lipinski definition) is 1. The highest BCUT2D eigenvalue weighted by Gasteiger charge is 2.25. The molecule has 0 aliphatic heterocycles. The molecule has 0 fully saturated rings. The summed E-state index contributed by atoms with van der Waals surface area (Å²) in [6, 6.07) is 30.9. The molecule has 0 saturated carbocycles. The van der Waals surface area contributed by atoms with Crippen molar-refractivity contribution < 1.29 is 19.4 Å². The zero-order chi connectivity index (χ0) is 30.3. The Bertz CT molecular complexity index is 1810. The van der Waals surface area contributed by atoms with Gasteiger partial charge >= 0.3 is 5.97 Å². The van der Waals surface area contributed by atoms with Crippen LogP contribution in [-0.2, 0) is 4.79 Å². The number of aromatic hydroxyl groups is 1. The van der Waals surface area contributed by atoms with E-state index in [-0.39, 0.29) is 11.7 Å². The Morgan fingerprint density at radius 2 is 1.40 bits per heavy atom. The van der Waals surface area contributed by atoms with Crippen molar-refractivity contribution in [1.29, 1.82) is 0 Å². The van der Waals surface area contributed by atoms with Gasteiger partial charge in [-0.1, -0.05) is 96.1 Å².